The molecule has 0 unspecified atom stereocenters. The molecule has 2 aromatic carbocycles. The SMILES string of the molecule is CC1(C)N=C(C23CC(N(Cc4ccc(Cl)c(F)c4)S(=O)(=O)c4ccccc4)(C2)C3)N[C@H]1C(=O)NC1CC(F)(F)C1. The number of sulfonamides is 1. The molecule has 0 aromatic heterocycles. The van der Waals surface area contributed by atoms with Crippen molar-refractivity contribution in [2.45, 2.75) is 86.5 Å². The van der Waals surface area contributed by atoms with E-state index in [0.717, 1.165) is 0 Å². The van der Waals surface area contributed by atoms with Crippen LogP contribution in [0.25, 0.3) is 0 Å². The fourth-order valence-corrected chi connectivity index (χ4v) is 8.58. The number of rotatable bonds is 8. The van der Waals surface area contributed by atoms with Crippen molar-refractivity contribution in [2.24, 2.45) is 10.4 Å². The minimum Gasteiger partial charge on any atom is -0.360 e. The van der Waals surface area contributed by atoms with Crippen molar-refractivity contribution in [3.8, 4) is 0 Å². The Hall–Kier alpha value is -2.63. The molecule has 1 amide bonds. The maximum Gasteiger partial charge on any atom is 0.252 e. The van der Waals surface area contributed by atoms with Crippen molar-refractivity contribution in [1.29, 1.82) is 0 Å². The van der Waals surface area contributed by atoms with Gasteiger partial charge in [-0.3, -0.25) is 9.79 Å². The zero-order chi connectivity index (χ0) is 28.7. The summed E-state index contributed by atoms with van der Waals surface area (Å²) < 4.78 is 69.9. The molecule has 0 spiro atoms. The van der Waals surface area contributed by atoms with E-state index in [-0.39, 0.29) is 35.2 Å². The molecule has 0 radical (unpaired) electrons. The average molecular weight is 595 g/mol. The predicted molar refractivity (Wildman–Crippen MR) is 144 cm³/mol. The fraction of sp³-hybridized carbons (Fsp3) is 0.500. The molecular weight excluding hydrogens is 565 g/mol. The van der Waals surface area contributed by atoms with Gasteiger partial charge in [0, 0.05) is 36.4 Å². The van der Waals surface area contributed by atoms with E-state index < -0.39 is 50.3 Å². The largest absolute Gasteiger partial charge is 0.360 e. The van der Waals surface area contributed by atoms with E-state index in [9.17, 15) is 26.4 Å². The minimum atomic E-state index is -3.93. The van der Waals surface area contributed by atoms with Gasteiger partial charge in [0.1, 0.15) is 17.7 Å². The van der Waals surface area contributed by atoms with Crippen LogP contribution >= 0.6 is 11.6 Å². The predicted octanol–water partition coefficient (Wildman–Crippen LogP) is 4.66. The van der Waals surface area contributed by atoms with Gasteiger partial charge in [-0.1, -0.05) is 35.9 Å². The molecule has 4 fully saturated rings. The number of alkyl halides is 2. The number of nitrogens with one attached hydrogen (secondary N) is 2. The molecule has 2 bridgehead atoms. The monoisotopic (exact) mass is 594 g/mol. The first-order valence-corrected chi connectivity index (χ1v) is 15.0. The van der Waals surface area contributed by atoms with Crippen LogP contribution in [0.4, 0.5) is 13.2 Å². The maximum absolute atomic E-state index is 14.2. The highest BCUT2D eigenvalue weighted by Gasteiger charge is 2.75. The van der Waals surface area contributed by atoms with E-state index in [2.05, 4.69) is 10.6 Å². The van der Waals surface area contributed by atoms with Crippen LogP contribution in [0.15, 0.2) is 58.4 Å². The third-order valence-electron chi connectivity index (χ3n) is 8.76. The summed E-state index contributed by atoms with van der Waals surface area (Å²) >= 11 is 5.85. The number of hydrogen-bond donors (Lipinski definition) is 2. The molecule has 7 nitrogen and oxygen atoms in total. The summed E-state index contributed by atoms with van der Waals surface area (Å²) in [6, 6.07) is 11.1. The molecule has 1 heterocycles. The highest BCUT2D eigenvalue weighted by atomic mass is 35.5. The van der Waals surface area contributed by atoms with Gasteiger partial charge in [0.2, 0.25) is 15.9 Å². The molecule has 40 heavy (non-hydrogen) atoms. The molecule has 12 heteroatoms. The molecule has 4 aliphatic carbocycles. The Morgan fingerprint density at radius 3 is 2.38 bits per heavy atom. The van der Waals surface area contributed by atoms with Gasteiger partial charge in [0.15, 0.2) is 0 Å². The van der Waals surface area contributed by atoms with E-state index in [0.29, 0.717) is 30.7 Å². The lowest BCUT2D eigenvalue weighted by Crippen LogP contribution is -2.78. The van der Waals surface area contributed by atoms with E-state index in [1.165, 1.54) is 28.6 Å². The zero-order valence-corrected chi connectivity index (χ0v) is 23.6. The van der Waals surface area contributed by atoms with Crippen LogP contribution in [-0.2, 0) is 21.4 Å². The Labute approximate surface area is 236 Å². The third kappa shape index (κ3) is 4.41. The van der Waals surface area contributed by atoms with Crippen LogP contribution in [0.3, 0.4) is 0 Å². The van der Waals surface area contributed by atoms with Gasteiger partial charge >= 0.3 is 0 Å². The zero-order valence-electron chi connectivity index (χ0n) is 22.1. The molecule has 4 saturated carbocycles. The Balaban J connectivity index is 1.21. The van der Waals surface area contributed by atoms with Gasteiger partial charge in [-0.05, 0) is 62.9 Å². The van der Waals surface area contributed by atoms with Gasteiger partial charge in [0.05, 0.1) is 15.5 Å². The lowest BCUT2D eigenvalue weighted by Gasteiger charge is -2.72. The Morgan fingerprint density at radius 2 is 1.77 bits per heavy atom. The molecule has 5 aliphatic rings. The van der Waals surface area contributed by atoms with Crippen molar-refractivity contribution in [1.82, 2.24) is 14.9 Å². The maximum atomic E-state index is 14.2. The summed E-state index contributed by atoms with van der Waals surface area (Å²) in [7, 11) is -3.93. The van der Waals surface area contributed by atoms with Gasteiger partial charge in [-0.25, -0.2) is 21.6 Å². The van der Waals surface area contributed by atoms with Gasteiger partial charge in [-0.15, -0.1) is 0 Å². The smallest absolute Gasteiger partial charge is 0.252 e. The molecule has 1 atom stereocenters. The van der Waals surface area contributed by atoms with Crippen molar-refractivity contribution >= 4 is 33.4 Å². The van der Waals surface area contributed by atoms with Crippen LogP contribution in [0.5, 0.6) is 0 Å². The Morgan fingerprint density at radius 1 is 1.12 bits per heavy atom. The Bertz CT molecular complexity index is 1490. The number of carbonyl (C=O) groups excluding carboxylic acids is 1. The quantitative estimate of drug-likeness (QED) is 0.465. The van der Waals surface area contributed by atoms with Crippen LogP contribution in [-0.4, -0.2) is 53.5 Å². The number of aliphatic imine (C=N–C) groups is 1. The van der Waals surface area contributed by atoms with E-state index in [4.69, 9.17) is 16.6 Å². The van der Waals surface area contributed by atoms with Crippen LogP contribution in [0.1, 0.15) is 51.5 Å². The normalized spacial score (nSPS) is 30.0. The first-order valence-electron chi connectivity index (χ1n) is 13.2. The first-order chi connectivity index (χ1) is 18.6. The summed E-state index contributed by atoms with van der Waals surface area (Å²) in [4.78, 5) is 17.9. The van der Waals surface area contributed by atoms with E-state index in [1.807, 2.05) is 13.8 Å². The lowest BCUT2D eigenvalue weighted by molar-refractivity contribution is -0.151. The van der Waals surface area contributed by atoms with Gasteiger partial charge in [0.25, 0.3) is 5.92 Å². The molecule has 1 aliphatic heterocycles. The summed E-state index contributed by atoms with van der Waals surface area (Å²) in [5.41, 5.74) is -1.41. The second-order valence-corrected chi connectivity index (χ2v) is 14.5. The molecular formula is C28H30ClF3N4O3S. The second kappa shape index (κ2) is 8.93. The summed E-state index contributed by atoms with van der Waals surface area (Å²) in [5, 5.41) is 5.91. The average Bonchev–Trinajstić information content (AvgIpc) is 3.13. The van der Waals surface area contributed by atoms with Crippen molar-refractivity contribution in [2.75, 3.05) is 0 Å². The number of halogens is 4. The number of amidine groups is 1. The molecule has 2 aromatic rings. The first kappa shape index (κ1) is 27.5. The second-order valence-electron chi connectivity index (χ2n) is 12.3. The minimum absolute atomic E-state index is 0.0240. The van der Waals surface area contributed by atoms with Crippen molar-refractivity contribution < 1.29 is 26.4 Å². The summed E-state index contributed by atoms with van der Waals surface area (Å²) in [5.74, 6) is -3.08. The summed E-state index contributed by atoms with van der Waals surface area (Å²) in [6.45, 7) is 3.61. The molecule has 0 saturated heterocycles. The highest BCUT2D eigenvalue weighted by molar-refractivity contribution is 7.89. The molecule has 7 rings (SSSR count). The number of hydrogen-bond acceptors (Lipinski definition) is 5. The summed E-state index contributed by atoms with van der Waals surface area (Å²) in [6.07, 6.45) is 0.748. The van der Waals surface area contributed by atoms with Crippen molar-refractivity contribution in [3.05, 3.63) is 64.9 Å². The molecule has 214 valence electrons. The van der Waals surface area contributed by atoms with Crippen LogP contribution in [0, 0.1) is 11.2 Å². The fourth-order valence-electron chi connectivity index (χ4n) is 6.69. The van der Waals surface area contributed by atoms with Crippen LogP contribution in [0.2, 0.25) is 5.02 Å². The lowest BCUT2D eigenvalue weighted by atomic mass is 9.38. The van der Waals surface area contributed by atoms with Gasteiger partial charge < -0.3 is 10.6 Å². The number of benzene rings is 2. The standard InChI is InChI=1S/C28H30ClF3N4O3S/c1-25(2)22(23(37)33-18-11-28(31,32)12-18)34-24(35-25)26-14-27(15-26,16-26)36(13-17-8-9-20(29)21(30)10-17)40(38,39)19-6-4-3-5-7-19/h3-10,18,22H,11-16H2,1-2H3,(H,33,37)(H,34,35)/t22-,26?,27?/m0/s1. The van der Waals surface area contributed by atoms with Crippen LogP contribution < -0.4 is 10.6 Å². The third-order valence-corrected chi connectivity index (χ3v) is 11.0. The van der Waals surface area contributed by atoms with E-state index in [1.54, 1.807) is 24.3 Å². The van der Waals surface area contributed by atoms with E-state index >= 15 is 0 Å². The molecule has 2 N–H and O–H groups in total. The topological polar surface area (TPSA) is 90.9 Å². The van der Waals surface area contributed by atoms with Crippen molar-refractivity contribution in [3.63, 3.8) is 0 Å². The Kier molecular flexibility index (Phi) is 6.15. The number of amides is 1. The highest BCUT2D eigenvalue weighted by Crippen LogP contribution is 2.71. The number of carbonyl (C=O) groups is 1. The number of nitrogens with zero attached hydrogens (tertiary/aromatic N) is 2. The van der Waals surface area contributed by atoms with Gasteiger partial charge in [-0.2, -0.15) is 4.31 Å².